The molecule has 36 heavy (non-hydrogen) atoms. The summed E-state index contributed by atoms with van der Waals surface area (Å²) in [4.78, 5) is 7.31. The van der Waals surface area contributed by atoms with E-state index in [-0.39, 0.29) is 11.4 Å². The second-order valence-electron chi connectivity index (χ2n) is 10.5. The molecule has 0 amide bonds. The number of halogens is 1. The van der Waals surface area contributed by atoms with Crippen LogP contribution in [-0.4, -0.2) is 55.6 Å². The third-order valence-electron chi connectivity index (χ3n) is 6.46. The number of nitrogens with zero attached hydrogens (tertiary/aromatic N) is 6. The van der Waals surface area contributed by atoms with Crippen molar-refractivity contribution in [1.82, 2.24) is 29.3 Å². The summed E-state index contributed by atoms with van der Waals surface area (Å²) in [5.41, 5.74) is 5.63. The number of benzene rings is 1. The summed E-state index contributed by atoms with van der Waals surface area (Å²) in [6, 6.07) is 10.7. The SMILES string of the molecule is Cc1cc(Nc2cc(CN3CCOCC3)c3nc(C)c(Cc4ccc(F)cc4)n3n2)n(C(C)(C)C)n1. The quantitative estimate of drug-likeness (QED) is 0.425. The molecule has 1 aliphatic heterocycles. The van der Waals surface area contributed by atoms with Gasteiger partial charge >= 0.3 is 0 Å². The molecule has 190 valence electrons. The van der Waals surface area contributed by atoms with E-state index >= 15 is 0 Å². The molecule has 1 aliphatic rings. The third-order valence-corrected chi connectivity index (χ3v) is 6.46. The highest BCUT2D eigenvalue weighted by molar-refractivity contribution is 5.60. The molecule has 0 unspecified atom stereocenters. The Morgan fingerprint density at radius 1 is 1.03 bits per heavy atom. The lowest BCUT2D eigenvalue weighted by molar-refractivity contribution is 0.0343. The number of fused-ring (bicyclic) bond motifs is 1. The van der Waals surface area contributed by atoms with Crippen molar-refractivity contribution < 1.29 is 9.13 Å². The van der Waals surface area contributed by atoms with Gasteiger partial charge in [-0.3, -0.25) is 4.90 Å². The lowest BCUT2D eigenvalue weighted by Gasteiger charge is -2.27. The number of imidazole rings is 1. The normalized spacial score (nSPS) is 15.1. The highest BCUT2D eigenvalue weighted by atomic mass is 19.1. The Kier molecular flexibility index (Phi) is 6.53. The zero-order valence-corrected chi connectivity index (χ0v) is 21.7. The van der Waals surface area contributed by atoms with Crippen LogP contribution in [0.3, 0.4) is 0 Å². The number of morpholine rings is 1. The van der Waals surface area contributed by atoms with Gasteiger partial charge in [0.15, 0.2) is 11.5 Å². The van der Waals surface area contributed by atoms with Gasteiger partial charge < -0.3 is 10.1 Å². The Labute approximate surface area is 211 Å². The van der Waals surface area contributed by atoms with Crippen molar-refractivity contribution in [3.63, 3.8) is 0 Å². The van der Waals surface area contributed by atoms with Gasteiger partial charge in [0, 0.05) is 37.7 Å². The molecule has 0 atom stereocenters. The number of rotatable bonds is 6. The van der Waals surface area contributed by atoms with Crippen molar-refractivity contribution >= 4 is 17.3 Å². The van der Waals surface area contributed by atoms with Crippen LogP contribution in [0.25, 0.3) is 5.65 Å². The van der Waals surface area contributed by atoms with E-state index in [1.165, 1.54) is 12.1 Å². The zero-order chi connectivity index (χ0) is 25.4. The molecular formula is C27H34FN7O. The second kappa shape index (κ2) is 9.63. The van der Waals surface area contributed by atoms with Crippen LogP contribution in [0, 0.1) is 19.7 Å². The number of hydrogen-bond acceptors (Lipinski definition) is 6. The Morgan fingerprint density at radius 3 is 2.44 bits per heavy atom. The number of anilines is 2. The van der Waals surface area contributed by atoms with Gasteiger partial charge in [0.2, 0.25) is 0 Å². The molecule has 5 rings (SSSR count). The first-order chi connectivity index (χ1) is 17.2. The molecule has 8 nitrogen and oxygen atoms in total. The summed E-state index contributed by atoms with van der Waals surface area (Å²) in [6.45, 7) is 14.4. The molecule has 9 heteroatoms. The van der Waals surface area contributed by atoms with Crippen molar-refractivity contribution in [1.29, 1.82) is 0 Å². The van der Waals surface area contributed by atoms with Crippen molar-refractivity contribution in [2.75, 3.05) is 31.6 Å². The van der Waals surface area contributed by atoms with E-state index in [1.54, 1.807) is 0 Å². The average Bonchev–Trinajstić information content (AvgIpc) is 3.35. The summed E-state index contributed by atoms with van der Waals surface area (Å²) in [5.74, 6) is 1.38. The minimum atomic E-state index is -0.239. The predicted molar refractivity (Wildman–Crippen MR) is 138 cm³/mol. The largest absolute Gasteiger partial charge is 0.379 e. The number of ether oxygens (including phenoxy) is 1. The van der Waals surface area contributed by atoms with Gasteiger partial charge in [0.1, 0.15) is 11.6 Å². The monoisotopic (exact) mass is 491 g/mol. The summed E-state index contributed by atoms with van der Waals surface area (Å²) in [5, 5.41) is 13.2. The molecule has 1 fully saturated rings. The first-order valence-electron chi connectivity index (χ1n) is 12.4. The lowest BCUT2D eigenvalue weighted by atomic mass is 10.1. The van der Waals surface area contributed by atoms with Crippen LogP contribution in [0.2, 0.25) is 0 Å². The topological polar surface area (TPSA) is 72.5 Å². The second-order valence-corrected chi connectivity index (χ2v) is 10.5. The molecular weight excluding hydrogens is 457 g/mol. The van der Waals surface area contributed by atoms with Crippen molar-refractivity contribution in [3.05, 3.63) is 70.4 Å². The number of nitrogens with one attached hydrogen (secondary N) is 1. The Balaban J connectivity index is 1.58. The van der Waals surface area contributed by atoms with E-state index in [0.29, 0.717) is 6.42 Å². The minimum absolute atomic E-state index is 0.184. The van der Waals surface area contributed by atoms with Crippen LogP contribution in [0.15, 0.2) is 36.4 Å². The maximum absolute atomic E-state index is 13.5. The zero-order valence-electron chi connectivity index (χ0n) is 21.7. The van der Waals surface area contributed by atoms with Crippen molar-refractivity contribution in [2.24, 2.45) is 0 Å². The van der Waals surface area contributed by atoms with E-state index in [4.69, 9.17) is 19.9 Å². The van der Waals surface area contributed by atoms with Gasteiger partial charge in [0.05, 0.1) is 35.8 Å². The number of aromatic nitrogens is 5. The fourth-order valence-corrected chi connectivity index (χ4v) is 4.64. The van der Waals surface area contributed by atoms with Crippen LogP contribution in [0.1, 0.15) is 49.0 Å². The summed E-state index contributed by atoms with van der Waals surface area (Å²) in [6.07, 6.45) is 0.611. The third kappa shape index (κ3) is 5.12. The van der Waals surface area contributed by atoms with Gasteiger partial charge in [-0.25, -0.2) is 18.6 Å². The van der Waals surface area contributed by atoms with Crippen molar-refractivity contribution in [3.8, 4) is 0 Å². The standard InChI is InChI=1S/C27H34FN7O/c1-18-14-25(35(31-18)27(3,4)5)30-24-16-21(17-33-10-12-36-13-11-33)26-29-19(2)23(34(26)32-24)15-20-6-8-22(28)9-7-20/h6-9,14,16H,10-13,15,17H2,1-5H3,(H,30,32). The Bertz CT molecular complexity index is 1360. The van der Waals surface area contributed by atoms with Crippen molar-refractivity contribution in [2.45, 2.75) is 53.1 Å². The average molecular weight is 492 g/mol. The molecule has 0 bridgehead atoms. The molecule has 4 heterocycles. The summed E-state index contributed by atoms with van der Waals surface area (Å²) >= 11 is 0. The number of hydrogen-bond donors (Lipinski definition) is 1. The fraction of sp³-hybridized carbons (Fsp3) is 0.444. The molecule has 0 radical (unpaired) electrons. The molecule has 0 saturated carbocycles. The molecule has 4 aromatic rings. The Hall–Kier alpha value is -3.30. The first kappa shape index (κ1) is 24.4. The van der Waals surface area contributed by atoms with Crippen LogP contribution < -0.4 is 5.32 Å². The highest BCUT2D eigenvalue weighted by Crippen LogP contribution is 2.27. The Morgan fingerprint density at radius 2 is 1.75 bits per heavy atom. The summed E-state index contributed by atoms with van der Waals surface area (Å²) < 4.78 is 23.0. The molecule has 3 aromatic heterocycles. The van der Waals surface area contributed by atoms with Gasteiger partial charge in [-0.1, -0.05) is 12.1 Å². The van der Waals surface area contributed by atoms with Gasteiger partial charge in [-0.2, -0.15) is 5.10 Å². The van der Waals surface area contributed by atoms with Gasteiger partial charge in [0.25, 0.3) is 0 Å². The summed E-state index contributed by atoms with van der Waals surface area (Å²) in [7, 11) is 0. The van der Waals surface area contributed by atoms with E-state index in [1.807, 2.05) is 41.2 Å². The smallest absolute Gasteiger partial charge is 0.158 e. The van der Waals surface area contributed by atoms with Crippen LogP contribution >= 0.6 is 0 Å². The predicted octanol–water partition coefficient (Wildman–Crippen LogP) is 4.60. The molecule has 0 spiro atoms. The van der Waals surface area contributed by atoms with E-state index in [2.05, 4.69) is 37.1 Å². The van der Waals surface area contributed by atoms with E-state index in [0.717, 1.165) is 78.3 Å². The van der Waals surface area contributed by atoms with E-state index < -0.39 is 0 Å². The van der Waals surface area contributed by atoms with Gasteiger partial charge in [-0.15, -0.1) is 5.10 Å². The maximum Gasteiger partial charge on any atom is 0.158 e. The maximum atomic E-state index is 13.5. The molecule has 1 N–H and O–H groups in total. The fourth-order valence-electron chi connectivity index (χ4n) is 4.64. The van der Waals surface area contributed by atoms with Crippen LogP contribution in [0.5, 0.6) is 0 Å². The first-order valence-corrected chi connectivity index (χ1v) is 12.4. The number of aryl methyl sites for hydroxylation is 2. The van der Waals surface area contributed by atoms with E-state index in [9.17, 15) is 4.39 Å². The molecule has 0 aliphatic carbocycles. The highest BCUT2D eigenvalue weighted by Gasteiger charge is 2.22. The lowest BCUT2D eigenvalue weighted by Crippen LogP contribution is -2.35. The van der Waals surface area contributed by atoms with Gasteiger partial charge in [-0.05, 0) is 58.4 Å². The van der Waals surface area contributed by atoms with Crippen LogP contribution in [0.4, 0.5) is 16.0 Å². The molecule has 1 saturated heterocycles. The van der Waals surface area contributed by atoms with Crippen LogP contribution in [-0.2, 0) is 23.2 Å². The molecule has 1 aromatic carbocycles. The minimum Gasteiger partial charge on any atom is -0.379 e.